The molecule has 37 heavy (non-hydrogen) atoms. The Morgan fingerprint density at radius 1 is 1.19 bits per heavy atom. The standard InChI is InChI=1S/C23H20ClF5N4O4/c1-22(7-17(33-37-22)11-2-13(25)5-14(26)3-11)21(35)32-15-6-19(36-10-15)20(34)31-9-18-16(24)4-12(8-30-18)23(27,28)29/h2-5,8,15,19H,6-7,9-10H2,1H3,(H,31,34)(H,32,35)/t15-,19-,22+/m0/s1. The van der Waals surface area contributed by atoms with Crippen molar-refractivity contribution >= 4 is 29.1 Å². The lowest BCUT2D eigenvalue weighted by molar-refractivity contribution is -0.142. The fourth-order valence-electron chi connectivity index (χ4n) is 3.82. The molecule has 0 saturated carbocycles. The van der Waals surface area contributed by atoms with Crippen LogP contribution in [0.3, 0.4) is 0 Å². The molecule has 14 heteroatoms. The van der Waals surface area contributed by atoms with Gasteiger partial charge in [0.15, 0.2) is 0 Å². The number of nitrogens with zero attached hydrogens (tertiary/aromatic N) is 2. The third-order valence-electron chi connectivity index (χ3n) is 5.84. The number of halogens is 6. The molecule has 198 valence electrons. The molecule has 0 spiro atoms. The monoisotopic (exact) mass is 546 g/mol. The molecule has 2 aliphatic heterocycles. The molecule has 0 unspecified atom stereocenters. The van der Waals surface area contributed by atoms with Gasteiger partial charge in [-0.15, -0.1) is 0 Å². The van der Waals surface area contributed by atoms with Gasteiger partial charge in [0.05, 0.1) is 41.2 Å². The molecule has 0 aliphatic carbocycles. The van der Waals surface area contributed by atoms with Crippen molar-refractivity contribution in [2.24, 2.45) is 5.16 Å². The van der Waals surface area contributed by atoms with Gasteiger partial charge in [0.2, 0.25) is 11.5 Å². The zero-order valence-electron chi connectivity index (χ0n) is 19.2. The van der Waals surface area contributed by atoms with Crippen molar-refractivity contribution in [2.45, 2.75) is 50.2 Å². The number of hydrogen-bond acceptors (Lipinski definition) is 6. The van der Waals surface area contributed by atoms with Crippen molar-refractivity contribution in [3.8, 4) is 0 Å². The highest BCUT2D eigenvalue weighted by Crippen LogP contribution is 2.31. The lowest BCUT2D eigenvalue weighted by Crippen LogP contribution is -2.49. The van der Waals surface area contributed by atoms with Crippen LogP contribution in [0.25, 0.3) is 0 Å². The first kappa shape index (κ1) is 26.7. The van der Waals surface area contributed by atoms with Crippen LogP contribution >= 0.6 is 11.6 Å². The highest BCUT2D eigenvalue weighted by molar-refractivity contribution is 6.31. The molecule has 1 aromatic carbocycles. The Balaban J connectivity index is 1.28. The molecule has 2 amide bonds. The summed E-state index contributed by atoms with van der Waals surface area (Å²) in [5.74, 6) is -2.70. The average molecular weight is 547 g/mol. The van der Waals surface area contributed by atoms with Gasteiger partial charge in [0.25, 0.3) is 5.91 Å². The van der Waals surface area contributed by atoms with Crippen LogP contribution in [0.15, 0.2) is 35.6 Å². The number of nitrogens with one attached hydrogen (secondary N) is 2. The third-order valence-corrected chi connectivity index (χ3v) is 6.17. The molecule has 3 heterocycles. The summed E-state index contributed by atoms with van der Waals surface area (Å²) < 4.78 is 70.7. The van der Waals surface area contributed by atoms with Crippen LogP contribution in [0.5, 0.6) is 0 Å². The minimum Gasteiger partial charge on any atom is -0.379 e. The number of pyridine rings is 1. The first-order valence-electron chi connectivity index (χ1n) is 11.0. The van der Waals surface area contributed by atoms with Crippen LogP contribution in [0.4, 0.5) is 22.0 Å². The molecular formula is C23H20ClF5N4O4. The Hall–Kier alpha value is -3.32. The van der Waals surface area contributed by atoms with Gasteiger partial charge in [-0.25, -0.2) is 8.78 Å². The number of carbonyl (C=O) groups excluding carboxylic acids is 2. The maximum Gasteiger partial charge on any atom is 0.417 e. The quantitative estimate of drug-likeness (QED) is 0.540. The number of benzene rings is 1. The maximum atomic E-state index is 13.5. The number of ether oxygens (including phenoxy) is 1. The van der Waals surface area contributed by atoms with E-state index in [0.29, 0.717) is 12.3 Å². The Bertz CT molecular complexity index is 1240. The van der Waals surface area contributed by atoms with E-state index in [1.165, 1.54) is 6.92 Å². The number of aromatic nitrogens is 1. The van der Waals surface area contributed by atoms with Crippen LogP contribution < -0.4 is 10.6 Å². The van der Waals surface area contributed by atoms with Crippen molar-refractivity contribution < 1.29 is 41.1 Å². The highest BCUT2D eigenvalue weighted by atomic mass is 35.5. The number of carbonyl (C=O) groups is 2. The van der Waals surface area contributed by atoms with Gasteiger partial charge < -0.3 is 20.2 Å². The summed E-state index contributed by atoms with van der Waals surface area (Å²) >= 11 is 5.85. The predicted octanol–water partition coefficient (Wildman–Crippen LogP) is 3.51. The molecule has 1 fully saturated rings. The second-order valence-electron chi connectivity index (χ2n) is 8.79. The van der Waals surface area contributed by atoms with Gasteiger partial charge >= 0.3 is 6.18 Å². The first-order valence-corrected chi connectivity index (χ1v) is 11.4. The summed E-state index contributed by atoms with van der Waals surface area (Å²) in [4.78, 5) is 34.2. The summed E-state index contributed by atoms with van der Waals surface area (Å²) in [6, 6.07) is 3.05. The van der Waals surface area contributed by atoms with Gasteiger partial charge in [-0.05, 0) is 25.1 Å². The SMILES string of the molecule is C[C@]1(C(=O)N[C@@H]2CO[C@H](C(=O)NCc3ncc(C(F)(F)F)cc3Cl)C2)CC(c2cc(F)cc(F)c2)=NO1. The van der Waals surface area contributed by atoms with E-state index in [1.54, 1.807) is 0 Å². The lowest BCUT2D eigenvalue weighted by atomic mass is 9.94. The molecule has 0 bridgehead atoms. The Kier molecular flexibility index (Phi) is 7.38. The maximum absolute atomic E-state index is 13.5. The summed E-state index contributed by atoms with van der Waals surface area (Å²) in [7, 11) is 0. The van der Waals surface area contributed by atoms with Crippen LogP contribution in [0.1, 0.15) is 36.6 Å². The molecule has 1 aromatic heterocycles. The molecule has 2 aromatic rings. The Morgan fingerprint density at radius 2 is 1.89 bits per heavy atom. The second-order valence-corrected chi connectivity index (χ2v) is 9.20. The van der Waals surface area contributed by atoms with Crippen LogP contribution in [-0.2, 0) is 31.9 Å². The fraction of sp³-hybridized carbons (Fsp3) is 0.391. The molecule has 2 N–H and O–H groups in total. The fourth-order valence-corrected chi connectivity index (χ4v) is 4.05. The van der Waals surface area contributed by atoms with Crippen molar-refractivity contribution in [3.05, 3.63) is 63.9 Å². The molecule has 2 aliphatic rings. The van der Waals surface area contributed by atoms with Crippen molar-refractivity contribution in [2.75, 3.05) is 6.61 Å². The van der Waals surface area contributed by atoms with E-state index in [4.69, 9.17) is 21.2 Å². The van der Waals surface area contributed by atoms with E-state index in [-0.39, 0.29) is 48.0 Å². The smallest absolute Gasteiger partial charge is 0.379 e. The molecule has 4 rings (SSSR count). The second kappa shape index (κ2) is 10.2. The van der Waals surface area contributed by atoms with Crippen molar-refractivity contribution in [3.63, 3.8) is 0 Å². The van der Waals surface area contributed by atoms with Crippen molar-refractivity contribution in [1.82, 2.24) is 15.6 Å². The first-order chi connectivity index (χ1) is 17.3. The Morgan fingerprint density at radius 3 is 2.54 bits per heavy atom. The van der Waals surface area contributed by atoms with Crippen LogP contribution in [0.2, 0.25) is 5.02 Å². The zero-order chi connectivity index (χ0) is 27.0. The van der Waals surface area contributed by atoms with Crippen LogP contribution in [0, 0.1) is 11.6 Å². The van der Waals surface area contributed by atoms with Gasteiger partial charge in [-0.3, -0.25) is 14.6 Å². The minimum absolute atomic E-state index is 0.0159. The number of rotatable bonds is 6. The van der Waals surface area contributed by atoms with Gasteiger partial charge in [-0.2, -0.15) is 13.2 Å². The number of amides is 2. The van der Waals surface area contributed by atoms with Gasteiger partial charge in [0.1, 0.15) is 17.7 Å². The number of oxime groups is 1. The summed E-state index contributed by atoms with van der Waals surface area (Å²) in [6.07, 6.45) is -4.83. The third kappa shape index (κ3) is 6.16. The largest absolute Gasteiger partial charge is 0.417 e. The summed E-state index contributed by atoms with van der Waals surface area (Å²) in [5.41, 5.74) is -2.05. The van der Waals surface area contributed by atoms with E-state index >= 15 is 0 Å². The predicted molar refractivity (Wildman–Crippen MR) is 119 cm³/mol. The van der Waals surface area contributed by atoms with Crippen LogP contribution in [-0.4, -0.2) is 46.9 Å². The van der Waals surface area contributed by atoms with E-state index in [9.17, 15) is 31.5 Å². The molecule has 3 atom stereocenters. The molecule has 0 radical (unpaired) electrons. The minimum atomic E-state index is -4.60. The van der Waals surface area contributed by atoms with Gasteiger partial charge in [0, 0.05) is 30.7 Å². The molecular weight excluding hydrogens is 527 g/mol. The van der Waals surface area contributed by atoms with Crippen molar-refractivity contribution in [1.29, 1.82) is 0 Å². The van der Waals surface area contributed by atoms with E-state index in [1.807, 2.05) is 0 Å². The highest BCUT2D eigenvalue weighted by Gasteiger charge is 2.44. The number of hydrogen-bond donors (Lipinski definition) is 2. The molecule has 1 saturated heterocycles. The average Bonchev–Trinajstić information content (AvgIpc) is 3.44. The van der Waals surface area contributed by atoms with E-state index in [0.717, 1.165) is 18.2 Å². The Labute approximate surface area is 212 Å². The normalized spacial score (nSPS) is 23.4. The summed E-state index contributed by atoms with van der Waals surface area (Å²) in [5, 5.41) is 8.77. The number of alkyl halides is 3. The summed E-state index contributed by atoms with van der Waals surface area (Å²) in [6.45, 7) is 1.26. The topological polar surface area (TPSA) is 102 Å². The zero-order valence-corrected chi connectivity index (χ0v) is 19.9. The van der Waals surface area contributed by atoms with E-state index in [2.05, 4.69) is 20.8 Å². The van der Waals surface area contributed by atoms with E-state index < -0.39 is 52.9 Å². The lowest BCUT2D eigenvalue weighted by Gasteiger charge is -2.22. The molecule has 8 nitrogen and oxygen atoms in total. The van der Waals surface area contributed by atoms with Gasteiger partial charge in [-0.1, -0.05) is 16.8 Å².